The number of furan rings is 1. The van der Waals surface area contributed by atoms with E-state index in [1.165, 1.54) is 49.6 Å². The second-order valence-corrected chi connectivity index (χ2v) is 11.4. The molecule has 9 rings (SSSR count). The van der Waals surface area contributed by atoms with Crippen molar-refractivity contribution in [3.8, 4) is 39.1 Å². The topological polar surface area (TPSA) is 18.1 Å². The van der Waals surface area contributed by atoms with Crippen molar-refractivity contribution in [2.75, 3.05) is 0 Å². The van der Waals surface area contributed by atoms with E-state index < -0.39 is 0 Å². The van der Waals surface area contributed by atoms with E-state index in [4.69, 9.17) is 4.42 Å². The molecule has 0 radical (unpaired) electrons. The number of benzene rings is 7. The van der Waals surface area contributed by atoms with Gasteiger partial charge in [0.2, 0.25) is 0 Å². The van der Waals surface area contributed by atoms with Gasteiger partial charge in [0, 0.05) is 27.2 Å². The van der Waals surface area contributed by atoms with Crippen molar-refractivity contribution in [1.29, 1.82) is 0 Å². The van der Waals surface area contributed by atoms with Crippen LogP contribution in [0.5, 0.6) is 0 Å². The zero-order valence-electron chi connectivity index (χ0n) is 23.9. The van der Waals surface area contributed by atoms with Crippen molar-refractivity contribution < 1.29 is 4.42 Å². The molecule has 9 aromatic rings. The van der Waals surface area contributed by atoms with Gasteiger partial charge in [-0.2, -0.15) is 0 Å². The van der Waals surface area contributed by atoms with E-state index in [2.05, 4.69) is 156 Å². The van der Waals surface area contributed by atoms with Gasteiger partial charge in [-0.3, -0.25) is 0 Å². The molecule has 0 spiro atoms. The fourth-order valence-corrected chi connectivity index (χ4v) is 6.62. The molecule has 2 heterocycles. The second kappa shape index (κ2) is 9.86. The van der Waals surface area contributed by atoms with Gasteiger partial charge in [0.05, 0.1) is 11.0 Å². The summed E-state index contributed by atoms with van der Waals surface area (Å²) in [6.45, 7) is 0. The minimum absolute atomic E-state index is 0.921. The molecule has 2 aromatic heterocycles. The fourth-order valence-electron chi connectivity index (χ4n) is 6.62. The molecule has 0 bridgehead atoms. The average molecular weight is 562 g/mol. The van der Waals surface area contributed by atoms with Crippen molar-refractivity contribution in [1.82, 2.24) is 4.57 Å². The number of rotatable bonds is 4. The van der Waals surface area contributed by atoms with Crippen LogP contribution in [0.25, 0.3) is 82.8 Å². The molecule has 7 aromatic carbocycles. The van der Waals surface area contributed by atoms with Crippen molar-refractivity contribution in [2.45, 2.75) is 0 Å². The van der Waals surface area contributed by atoms with Crippen LogP contribution in [0.2, 0.25) is 0 Å². The molecule has 0 amide bonds. The monoisotopic (exact) mass is 561 g/mol. The summed E-state index contributed by atoms with van der Waals surface area (Å²) < 4.78 is 8.50. The van der Waals surface area contributed by atoms with Gasteiger partial charge in [-0.25, -0.2) is 0 Å². The highest BCUT2D eigenvalue weighted by molar-refractivity contribution is 6.10. The first-order chi connectivity index (χ1) is 21.8. The number of hydrogen-bond donors (Lipinski definition) is 0. The predicted molar refractivity (Wildman–Crippen MR) is 184 cm³/mol. The molecule has 0 unspecified atom stereocenters. The Morgan fingerprint density at radius 2 is 0.841 bits per heavy atom. The maximum absolute atomic E-state index is 6.13. The Labute approximate surface area is 255 Å². The van der Waals surface area contributed by atoms with Crippen LogP contribution in [0.15, 0.2) is 168 Å². The van der Waals surface area contributed by atoms with Gasteiger partial charge < -0.3 is 8.98 Å². The zero-order valence-corrected chi connectivity index (χ0v) is 23.9. The lowest BCUT2D eigenvalue weighted by Crippen LogP contribution is -1.93. The zero-order chi connectivity index (χ0) is 29.0. The Kier molecular flexibility index (Phi) is 5.54. The Morgan fingerprint density at radius 3 is 1.64 bits per heavy atom. The standard InChI is InChI=1S/C42H27NO/c1-2-8-28(9-3-1)32-21-25-40-38(26-32)35-10-4-6-12-39(35)43(40)34-22-18-30(19-23-34)29-14-16-31(17-15-29)33-20-24-37-36-11-5-7-13-41(36)44-42(37)27-33/h1-27H. The largest absolute Gasteiger partial charge is 0.456 e. The van der Waals surface area contributed by atoms with E-state index >= 15 is 0 Å². The van der Waals surface area contributed by atoms with Crippen molar-refractivity contribution in [3.05, 3.63) is 164 Å². The van der Waals surface area contributed by atoms with Crippen molar-refractivity contribution in [3.63, 3.8) is 0 Å². The van der Waals surface area contributed by atoms with E-state index in [0.717, 1.165) is 33.2 Å². The minimum atomic E-state index is 0.921. The van der Waals surface area contributed by atoms with Gasteiger partial charge in [0.15, 0.2) is 0 Å². The minimum Gasteiger partial charge on any atom is -0.456 e. The fraction of sp³-hybridized carbons (Fsp3) is 0. The molecule has 0 fully saturated rings. The van der Waals surface area contributed by atoms with Crippen molar-refractivity contribution in [2.24, 2.45) is 0 Å². The van der Waals surface area contributed by atoms with Gasteiger partial charge in [0.1, 0.15) is 11.2 Å². The third kappa shape index (κ3) is 3.96. The Morgan fingerprint density at radius 1 is 0.318 bits per heavy atom. The quantitative estimate of drug-likeness (QED) is 0.209. The van der Waals surface area contributed by atoms with E-state index in [1.807, 2.05) is 12.1 Å². The van der Waals surface area contributed by atoms with E-state index in [-0.39, 0.29) is 0 Å². The smallest absolute Gasteiger partial charge is 0.136 e. The SMILES string of the molecule is c1ccc(-c2ccc3c(c2)c2ccccc2n3-c2ccc(-c3ccc(-c4ccc5c(c4)oc4ccccc45)cc3)cc2)cc1. The van der Waals surface area contributed by atoms with Gasteiger partial charge >= 0.3 is 0 Å². The maximum Gasteiger partial charge on any atom is 0.136 e. The second-order valence-electron chi connectivity index (χ2n) is 11.4. The first kappa shape index (κ1) is 24.7. The molecule has 0 atom stereocenters. The summed E-state index contributed by atoms with van der Waals surface area (Å²) in [7, 11) is 0. The lowest BCUT2D eigenvalue weighted by atomic mass is 9.99. The average Bonchev–Trinajstić information content (AvgIpc) is 3.64. The summed E-state index contributed by atoms with van der Waals surface area (Å²) in [5.41, 5.74) is 12.6. The van der Waals surface area contributed by atoms with Crippen LogP contribution < -0.4 is 0 Å². The van der Waals surface area contributed by atoms with Gasteiger partial charge in [-0.05, 0) is 81.9 Å². The molecule has 2 nitrogen and oxygen atoms in total. The van der Waals surface area contributed by atoms with Crippen LogP contribution in [-0.2, 0) is 0 Å². The Hall–Kier alpha value is -5.86. The molecule has 44 heavy (non-hydrogen) atoms. The molecule has 0 aliphatic carbocycles. The molecular formula is C42H27NO. The summed E-state index contributed by atoms with van der Waals surface area (Å²) >= 11 is 0. The molecule has 0 N–H and O–H groups in total. The summed E-state index contributed by atoms with van der Waals surface area (Å²) in [5, 5.41) is 4.84. The molecule has 0 saturated heterocycles. The van der Waals surface area contributed by atoms with Crippen LogP contribution in [0.4, 0.5) is 0 Å². The van der Waals surface area contributed by atoms with Crippen LogP contribution >= 0.6 is 0 Å². The first-order valence-corrected chi connectivity index (χ1v) is 15.0. The lowest BCUT2D eigenvalue weighted by Gasteiger charge is -2.10. The highest BCUT2D eigenvalue weighted by Crippen LogP contribution is 2.36. The highest BCUT2D eigenvalue weighted by Gasteiger charge is 2.14. The number of fused-ring (bicyclic) bond motifs is 6. The van der Waals surface area contributed by atoms with E-state index in [1.54, 1.807) is 0 Å². The Balaban J connectivity index is 1.05. The third-order valence-electron chi connectivity index (χ3n) is 8.84. The third-order valence-corrected chi connectivity index (χ3v) is 8.84. The maximum atomic E-state index is 6.13. The van der Waals surface area contributed by atoms with Gasteiger partial charge in [-0.1, -0.05) is 115 Å². The molecule has 206 valence electrons. The summed E-state index contributed by atoms with van der Waals surface area (Å²) in [6.07, 6.45) is 0. The summed E-state index contributed by atoms with van der Waals surface area (Å²) in [5.74, 6) is 0. The normalized spacial score (nSPS) is 11.6. The Bertz CT molecular complexity index is 2460. The van der Waals surface area contributed by atoms with Crippen LogP contribution in [0.1, 0.15) is 0 Å². The highest BCUT2D eigenvalue weighted by atomic mass is 16.3. The summed E-state index contributed by atoms with van der Waals surface area (Å²) in [4.78, 5) is 0. The van der Waals surface area contributed by atoms with Crippen molar-refractivity contribution >= 4 is 43.7 Å². The number of aromatic nitrogens is 1. The van der Waals surface area contributed by atoms with Gasteiger partial charge in [-0.15, -0.1) is 0 Å². The van der Waals surface area contributed by atoms with E-state index in [0.29, 0.717) is 0 Å². The van der Waals surface area contributed by atoms with E-state index in [9.17, 15) is 0 Å². The first-order valence-electron chi connectivity index (χ1n) is 15.0. The number of hydrogen-bond acceptors (Lipinski definition) is 1. The molecule has 0 saturated carbocycles. The molecule has 0 aliphatic rings. The summed E-state index contributed by atoms with van der Waals surface area (Å²) in [6, 6.07) is 58.5. The lowest BCUT2D eigenvalue weighted by molar-refractivity contribution is 0.669. The van der Waals surface area contributed by atoms with Gasteiger partial charge in [0.25, 0.3) is 0 Å². The predicted octanol–water partition coefficient (Wildman–Crippen LogP) is 11.7. The number of nitrogens with zero attached hydrogens (tertiary/aromatic N) is 1. The number of para-hydroxylation sites is 2. The van der Waals surface area contributed by atoms with Crippen LogP contribution in [0, 0.1) is 0 Å². The van der Waals surface area contributed by atoms with Crippen LogP contribution in [0.3, 0.4) is 0 Å². The molecule has 2 heteroatoms. The molecule has 0 aliphatic heterocycles. The molecular weight excluding hydrogens is 534 g/mol. The van der Waals surface area contributed by atoms with Crippen LogP contribution in [-0.4, -0.2) is 4.57 Å².